The molecule has 1 aromatic carbocycles. The zero-order valence-electron chi connectivity index (χ0n) is 20.2. The summed E-state index contributed by atoms with van der Waals surface area (Å²) in [5, 5.41) is 6.45. The van der Waals surface area contributed by atoms with Gasteiger partial charge < -0.3 is 15.4 Å². The van der Waals surface area contributed by atoms with Gasteiger partial charge in [0.1, 0.15) is 9.96 Å². The molecule has 0 radical (unpaired) electrons. The van der Waals surface area contributed by atoms with Crippen molar-refractivity contribution in [1.29, 1.82) is 0 Å². The fourth-order valence-corrected chi connectivity index (χ4v) is 7.01. The standard InChI is InChI=1S/C25H37N3O4S2/c1-3-4-5-6-7-15-26-21-13-16-28(17-14-21)34(30,31)24-12-11-23(33-24)19-27-25(29)20-9-8-10-22(18-20)32-2/h8-12,18,21,26H,3-7,13-17,19H2,1-2H3,(H,27,29). The maximum atomic E-state index is 13.1. The molecule has 0 atom stereocenters. The van der Waals surface area contributed by atoms with Gasteiger partial charge in [0.2, 0.25) is 0 Å². The van der Waals surface area contributed by atoms with Gasteiger partial charge in [-0.2, -0.15) is 4.31 Å². The van der Waals surface area contributed by atoms with Crippen LogP contribution in [0.1, 0.15) is 67.1 Å². The van der Waals surface area contributed by atoms with Gasteiger partial charge >= 0.3 is 0 Å². The number of piperidine rings is 1. The first-order valence-corrected chi connectivity index (χ1v) is 14.4. The Hall–Kier alpha value is -1.94. The zero-order valence-corrected chi connectivity index (χ0v) is 21.8. The topological polar surface area (TPSA) is 87.7 Å². The third kappa shape index (κ3) is 7.53. The van der Waals surface area contributed by atoms with Crippen LogP contribution < -0.4 is 15.4 Å². The smallest absolute Gasteiger partial charge is 0.252 e. The maximum absolute atomic E-state index is 13.1. The number of hydrogen-bond donors (Lipinski definition) is 2. The molecule has 3 rings (SSSR count). The van der Waals surface area contributed by atoms with Gasteiger partial charge in [0, 0.05) is 29.6 Å². The van der Waals surface area contributed by atoms with Crippen molar-refractivity contribution in [3.8, 4) is 5.75 Å². The predicted octanol–water partition coefficient (Wildman–Crippen LogP) is 4.40. The van der Waals surface area contributed by atoms with E-state index in [9.17, 15) is 13.2 Å². The van der Waals surface area contributed by atoms with Crippen molar-refractivity contribution in [2.45, 2.75) is 68.7 Å². The van der Waals surface area contributed by atoms with Crippen LogP contribution in [0.25, 0.3) is 0 Å². The average Bonchev–Trinajstić information content (AvgIpc) is 3.35. The molecule has 2 aromatic rings. The second-order valence-corrected chi connectivity index (χ2v) is 12.0. The predicted molar refractivity (Wildman–Crippen MR) is 137 cm³/mol. The SMILES string of the molecule is CCCCCCCNC1CCN(S(=O)(=O)c2ccc(CNC(=O)c3cccc(OC)c3)s2)CC1. The number of amides is 1. The highest BCUT2D eigenvalue weighted by Crippen LogP contribution is 2.27. The molecule has 34 heavy (non-hydrogen) atoms. The number of ether oxygens (including phenoxy) is 1. The molecule has 1 amide bonds. The number of unbranched alkanes of at least 4 members (excludes halogenated alkanes) is 4. The highest BCUT2D eigenvalue weighted by molar-refractivity contribution is 7.91. The fourth-order valence-electron chi connectivity index (χ4n) is 4.09. The summed E-state index contributed by atoms with van der Waals surface area (Å²) in [7, 11) is -1.95. The molecule has 1 fully saturated rings. The Kier molecular flexibility index (Phi) is 10.4. The minimum absolute atomic E-state index is 0.225. The van der Waals surface area contributed by atoms with Gasteiger partial charge in [-0.15, -0.1) is 11.3 Å². The number of thiophene rings is 1. The molecule has 0 spiro atoms. The van der Waals surface area contributed by atoms with E-state index in [0.717, 1.165) is 24.3 Å². The van der Waals surface area contributed by atoms with Crippen LogP contribution in [-0.2, 0) is 16.6 Å². The minimum Gasteiger partial charge on any atom is -0.497 e. The lowest BCUT2D eigenvalue weighted by Gasteiger charge is -2.31. The number of nitrogens with zero attached hydrogens (tertiary/aromatic N) is 1. The second kappa shape index (κ2) is 13.2. The first kappa shape index (κ1) is 26.7. The number of sulfonamides is 1. The Morgan fingerprint density at radius 3 is 2.62 bits per heavy atom. The molecule has 0 aliphatic carbocycles. The minimum atomic E-state index is -3.50. The first-order valence-electron chi connectivity index (χ1n) is 12.2. The van der Waals surface area contributed by atoms with E-state index in [2.05, 4.69) is 17.6 Å². The van der Waals surface area contributed by atoms with Crippen LogP contribution in [-0.4, -0.2) is 51.4 Å². The van der Waals surface area contributed by atoms with Crippen molar-refractivity contribution in [2.75, 3.05) is 26.7 Å². The third-order valence-corrected chi connectivity index (χ3v) is 9.60. The van der Waals surface area contributed by atoms with Gasteiger partial charge in [0.05, 0.1) is 13.7 Å². The lowest BCUT2D eigenvalue weighted by molar-refractivity contribution is 0.0951. The van der Waals surface area contributed by atoms with Gasteiger partial charge in [0.15, 0.2) is 0 Å². The number of carbonyl (C=O) groups is 1. The Morgan fingerprint density at radius 2 is 1.88 bits per heavy atom. The first-order chi connectivity index (χ1) is 16.4. The van der Waals surface area contributed by atoms with E-state index in [4.69, 9.17) is 4.74 Å². The van der Waals surface area contributed by atoms with Crippen LogP contribution in [0.5, 0.6) is 5.75 Å². The third-order valence-electron chi connectivity index (χ3n) is 6.15. The van der Waals surface area contributed by atoms with E-state index < -0.39 is 10.0 Å². The summed E-state index contributed by atoms with van der Waals surface area (Å²) < 4.78 is 33.3. The van der Waals surface area contributed by atoms with Crippen molar-refractivity contribution < 1.29 is 17.9 Å². The molecule has 2 heterocycles. The molecule has 1 saturated heterocycles. The molecule has 2 N–H and O–H groups in total. The number of carbonyl (C=O) groups excluding carboxylic acids is 1. The van der Waals surface area contributed by atoms with Crippen molar-refractivity contribution in [3.63, 3.8) is 0 Å². The number of nitrogens with one attached hydrogen (secondary N) is 2. The summed E-state index contributed by atoms with van der Waals surface area (Å²) in [6.45, 7) is 4.58. The Morgan fingerprint density at radius 1 is 1.12 bits per heavy atom. The van der Waals surface area contributed by atoms with Crippen LogP contribution >= 0.6 is 11.3 Å². The lowest BCUT2D eigenvalue weighted by atomic mass is 10.1. The van der Waals surface area contributed by atoms with Crippen molar-refractivity contribution >= 4 is 27.3 Å². The number of methoxy groups -OCH3 is 1. The molecular weight excluding hydrogens is 470 g/mol. The molecule has 0 bridgehead atoms. The Labute approximate surface area is 207 Å². The Balaban J connectivity index is 1.45. The molecule has 1 aliphatic rings. The molecule has 1 aromatic heterocycles. The molecular formula is C25H37N3O4S2. The van der Waals surface area contributed by atoms with Crippen LogP contribution in [0, 0.1) is 0 Å². The molecule has 9 heteroatoms. The largest absolute Gasteiger partial charge is 0.497 e. The number of rotatable bonds is 13. The highest BCUT2D eigenvalue weighted by atomic mass is 32.2. The van der Waals surface area contributed by atoms with Crippen molar-refractivity contribution in [1.82, 2.24) is 14.9 Å². The van der Waals surface area contributed by atoms with Crippen LogP contribution in [0.15, 0.2) is 40.6 Å². The van der Waals surface area contributed by atoms with E-state index in [0.29, 0.717) is 34.7 Å². The summed E-state index contributed by atoms with van der Waals surface area (Å²) >= 11 is 1.22. The van der Waals surface area contributed by atoms with Crippen LogP contribution in [0.3, 0.4) is 0 Å². The molecule has 0 unspecified atom stereocenters. The zero-order chi connectivity index (χ0) is 24.4. The molecule has 7 nitrogen and oxygen atoms in total. The number of hydrogen-bond acceptors (Lipinski definition) is 6. The lowest BCUT2D eigenvalue weighted by Crippen LogP contribution is -2.44. The second-order valence-electron chi connectivity index (χ2n) is 8.68. The normalized spacial score (nSPS) is 15.4. The van der Waals surface area contributed by atoms with E-state index in [-0.39, 0.29) is 12.5 Å². The summed E-state index contributed by atoms with van der Waals surface area (Å²) in [6, 6.07) is 10.7. The fraction of sp³-hybridized carbons (Fsp3) is 0.560. The molecule has 0 saturated carbocycles. The van der Waals surface area contributed by atoms with Gasteiger partial charge in [-0.3, -0.25) is 4.79 Å². The summed E-state index contributed by atoms with van der Waals surface area (Å²) in [4.78, 5) is 13.2. The quantitative estimate of drug-likeness (QED) is 0.393. The van der Waals surface area contributed by atoms with E-state index in [1.165, 1.54) is 43.4 Å². The summed E-state index contributed by atoms with van der Waals surface area (Å²) in [5.74, 6) is 0.389. The van der Waals surface area contributed by atoms with Gasteiger partial charge in [-0.1, -0.05) is 38.7 Å². The van der Waals surface area contributed by atoms with Gasteiger partial charge in [-0.25, -0.2) is 8.42 Å². The van der Waals surface area contributed by atoms with Gasteiger partial charge in [0.25, 0.3) is 15.9 Å². The van der Waals surface area contributed by atoms with Crippen LogP contribution in [0.2, 0.25) is 0 Å². The van der Waals surface area contributed by atoms with Crippen molar-refractivity contribution in [2.24, 2.45) is 0 Å². The summed E-state index contributed by atoms with van der Waals surface area (Å²) in [6.07, 6.45) is 7.97. The average molecular weight is 508 g/mol. The van der Waals surface area contributed by atoms with E-state index in [1.54, 1.807) is 47.8 Å². The number of benzene rings is 1. The molecule has 1 aliphatic heterocycles. The Bertz CT molecular complexity index is 1010. The summed E-state index contributed by atoms with van der Waals surface area (Å²) in [5.41, 5.74) is 0.501. The van der Waals surface area contributed by atoms with E-state index >= 15 is 0 Å². The van der Waals surface area contributed by atoms with E-state index in [1.807, 2.05) is 0 Å². The molecule has 188 valence electrons. The monoisotopic (exact) mass is 507 g/mol. The van der Waals surface area contributed by atoms with Crippen molar-refractivity contribution in [3.05, 3.63) is 46.8 Å². The van der Waals surface area contributed by atoms with Gasteiger partial charge in [-0.05, 0) is 56.1 Å². The van der Waals surface area contributed by atoms with Crippen LogP contribution in [0.4, 0.5) is 0 Å². The highest BCUT2D eigenvalue weighted by Gasteiger charge is 2.30. The maximum Gasteiger partial charge on any atom is 0.252 e.